The molecule has 0 heterocycles. The highest BCUT2D eigenvalue weighted by Crippen LogP contribution is 2.19. The van der Waals surface area contributed by atoms with Crippen molar-refractivity contribution >= 4 is 23.5 Å². The molecule has 2 N–H and O–H groups in total. The summed E-state index contributed by atoms with van der Waals surface area (Å²) < 4.78 is 4.68. The Bertz CT molecular complexity index is 419. The minimum absolute atomic E-state index is 0.107. The molecule has 1 aromatic carbocycles. The molecule has 0 spiro atoms. The van der Waals surface area contributed by atoms with Gasteiger partial charge in [0.2, 0.25) is 5.91 Å². The molecule has 0 aliphatic rings. The number of carbonyl (C=O) groups excluding carboxylic acids is 1. The molecule has 6 heteroatoms. The maximum atomic E-state index is 11.4. The van der Waals surface area contributed by atoms with E-state index in [0.717, 1.165) is 0 Å². The topological polar surface area (TPSA) is 75.6 Å². The first-order chi connectivity index (χ1) is 8.52. The molecular formula is C12H14ClNO4. The third-order valence-electron chi connectivity index (χ3n) is 2.26. The zero-order valence-electron chi connectivity index (χ0n) is 9.85. The lowest BCUT2D eigenvalue weighted by molar-refractivity contribution is -0.137. The molecule has 5 nitrogen and oxygen atoms in total. The van der Waals surface area contributed by atoms with E-state index in [1.165, 1.54) is 7.11 Å². The van der Waals surface area contributed by atoms with Crippen molar-refractivity contribution in [3.8, 4) is 0 Å². The van der Waals surface area contributed by atoms with Gasteiger partial charge in [-0.25, -0.2) is 0 Å². The van der Waals surface area contributed by atoms with Gasteiger partial charge in [0.05, 0.1) is 12.5 Å². The Morgan fingerprint density at radius 1 is 1.39 bits per heavy atom. The van der Waals surface area contributed by atoms with Crippen LogP contribution < -0.4 is 5.32 Å². The monoisotopic (exact) mass is 271 g/mol. The van der Waals surface area contributed by atoms with Crippen molar-refractivity contribution in [2.24, 2.45) is 0 Å². The molecule has 0 aliphatic heterocycles. The van der Waals surface area contributed by atoms with Crippen LogP contribution in [0.5, 0.6) is 0 Å². The number of carbonyl (C=O) groups is 2. The Labute approximate surface area is 110 Å². The maximum absolute atomic E-state index is 11.4. The van der Waals surface area contributed by atoms with Crippen LogP contribution in [-0.2, 0) is 14.3 Å². The van der Waals surface area contributed by atoms with Crippen LogP contribution in [0.1, 0.15) is 18.0 Å². The number of nitrogens with one attached hydrogen (secondary N) is 1. The molecule has 0 saturated carbocycles. The van der Waals surface area contributed by atoms with E-state index in [-0.39, 0.29) is 18.9 Å². The summed E-state index contributed by atoms with van der Waals surface area (Å²) in [6.45, 7) is -0.107. The predicted molar refractivity (Wildman–Crippen MR) is 66.5 cm³/mol. The molecule has 1 rings (SSSR count). The van der Waals surface area contributed by atoms with Gasteiger partial charge in [0.1, 0.15) is 6.61 Å². The Morgan fingerprint density at radius 2 is 2.00 bits per heavy atom. The van der Waals surface area contributed by atoms with Crippen LogP contribution in [0, 0.1) is 0 Å². The number of hydrogen-bond acceptors (Lipinski definition) is 3. The fourth-order valence-electron chi connectivity index (χ4n) is 1.49. The van der Waals surface area contributed by atoms with Crippen LogP contribution in [0.2, 0.25) is 5.02 Å². The Kier molecular flexibility index (Phi) is 5.61. The fraction of sp³-hybridized carbons (Fsp3) is 0.333. The highest BCUT2D eigenvalue weighted by molar-refractivity contribution is 6.30. The molecule has 1 amide bonds. The average Bonchev–Trinajstić information content (AvgIpc) is 2.28. The van der Waals surface area contributed by atoms with E-state index in [1.807, 2.05) is 0 Å². The second kappa shape index (κ2) is 6.98. The first-order valence-electron chi connectivity index (χ1n) is 5.28. The van der Waals surface area contributed by atoms with Crippen LogP contribution in [0.25, 0.3) is 0 Å². The van der Waals surface area contributed by atoms with Crippen LogP contribution in [0.4, 0.5) is 0 Å². The summed E-state index contributed by atoms with van der Waals surface area (Å²) in [6.07, 6.45) is -0.197. The zero-order chi connectivity index (χ0) is 13.5. The predicted octanol–water partition coefficient (Wildman–Crippen LogP) is 1.62. The Morgan fingerprint density at radius 3 is 2.50 bits per heavy atom. The van der Waals surface area contributed by atoms with Gasteiger partial charge in [-0.2, -0.15) is 0 Å². The van der Waals surface area contributed by atoms with Crippen molar-refractivity contribution in [3.63, 3.8) is 0 Å². The molecule has 0 unspecified atom stereocenters. The van der Waals surface area contributed by atoms with Crippen LogP contribution in [0.15, 0.2) is 24.3 Å². The lowest BCUT2D eigenvalue weighted by atomic mass is 10.0. The quantitative estimate of drug-likeness (QED) is 0.824. The molecule has 1 aromatic rings. The number of aliphatic carboxylic acids is 1. The number of carboxylic acid groups (broad SMARTS) is 1. The van der Waals surface area contributed by atoms with E-state index in [1.54, 1.807) is 24.3 Å². The number of rotatable bonds is 6. The number of carboxylic acids is 1. The zero-order valence-corrected chi connectivity index (χ0v) is 10.6. The average molecular weight is 272 g/mol. The van der Waals surface area contributed by atoms with Gasteiger partial charge >= 0.3 is 5.97 Å². The molecule has 0 fully saturated rings. The van der Waals surface area contributed by atoms with E-state index in [2.05, 4.69) is 10.1 Å². The van der Waals surface area contributed by atoms with E-state index in [0.29, 0.717) is 10.6 Å². The molecule has 18 heavy (non-hydrogen) atoms. The third-order valence-corrected chi connectivity index (χ3v) is 2.51. The fourth-order valence-corrected chi connectivity index (χ4v) is 1.62. The minimum atomic E-state index is -0.993. The van der Waals surface area contributed by atoms with Gasteiger partial charge in [-0.15, -0.1) is 0 Å². The Hall–Kier alpha value is -1.59. The van der Waals surface area contributed by atoms with E-state index in [9.17, 15) is 9.59 Å². The lowest BCUT2D eigenvalue weighted by Gasteiger charge is -2.17. The number of ether oxygens (including phenoxy) is 1. The number of benzene rings is 1. The van der Waals surface area contributed by atoms with Gasteiger partial charge in [0.15, 0.2) is 0 Å². The Balaban J connectivity index is 2.80. The summed E-state index contributed by atoms with van der Waals surface area (Å²) in [4.78, 5) is 22.2. The van der Waals surface area contributed by atoms with Crippen molar-refractivity contribution in [3.05, 3.63) is 34.9 Å². The number of amides is 1. The largest absolute Gasteiger partial charge is 0.481 e. The molecule has 0 aliphatic carbocycles. The summed E-state index contributed by atoms with van der Waals surface area (Å²) in [6, 6.07) is 6.07. The third kappa shape index (κ3) is 4.73. The van der Waals surface area contributed by atoms with Crippen molar-refractivity contribution in [1.29, 1.82) is 0 Å². The molecule has 0 radical (unpaired) electrons. The number of halogens is 1. The molecule has 0 bridgehead atoms. The molecular weight excluding hydrogens is 258 g/mol. The first-order valence-corrected chi connectivity index (χ1v) is 5.66. The lowest BCUT2D eigenvalue weighted by Crippen LogP contribution is -2.32. The maximum Gasteiger partial charge on any atom is 0.305 e. The standard InChI is InChI=1S/C12H14ClNO4/c1-18-7-11(15)14-10(6-12(16)17)8-2-4-9(13)5-3-8/h2-5,10H,6-7H2,1H3,(H,14,15)(H,16,17)/t10-/m0/s1. The summed E-state index contributed by atoms with van der Waals surface area (Å²) in [7, 11) is 1.40. The van der Waals surface area contributed by atoms with Crippen molar-refractivity contribution < 1.29 is 19.4 Å². The smallest absolute Gasteiger partial charge is 0.305 e. The van der Waals surface area contributed by atoms with E-state index < -0.39 is 12.0 Å². The first kappa shape index (κ1) is 14.5. The van der Waals surface area contributed by atoms with E-state index in [4.69, 9.17) is 16.7 Å². The van der Waals surface area contributed by atoms with Crippen molar-refractivity contribution in [2.75, 3.05) is 13.7 Å². The number of hydrogen-bond donors (Lipinski definition) is 2. The molecule has 0 saturated heterocycles. The summed E-state index contributed by atoms with van der Waals surface area (Å²) in [5.74, 6) is -1.36. The SMILES string of the molecule is COCC(=O)N[C@@H](CC(=O)O)c1ccc(Cl)cc1. The van der Waals surface area contributed by atoms with Gasteiger partial charge in [-0.05, 0) is 17.7 Å². The van der Waals surface area contributed by atoms with Crippen LogP contribution >= 0.6 is 11.6 Å². The summed E-state index contributed by atoms with van der Waals surface area (Å²) in [5.41, 5.74) is 0.686. The van der Waals surface area contributed by atoms with Gasteiger partial charge in [0, 0.05) is 12.1 Å². The molecule has 0 aromatic heterocycles. The summed E-state index contributed by atoms with van der Waals surface area (Å²) >= 11 is 5.75. The summed E-state index contributed by atoms with van der Waals surface area (Å²) in [5, 5.41) is 12.0. The normalized spacial score (nSPS) is 11.9. The van der Waals surface area contributed by atoms with Crippen LogP contribution in [-0.4, -0.2) is 30.7 Å². The number of methoxy groups -OCH3 is 1. The minimum Gasteiger partial charge on any atom is -0.481 e. The second-order valence-corrected chi connectivity index (χ2v) is 4.14. The van der Waals surface area contributed by atoms with Gasteiger partial charge in [-0.3, -0.25) is 9.59 Å². The van der Waals surface area contributed by atoms with E-state index >= 15 is 0 Å². The van der Waals surface area contributed by atoms with Crippen molar-refractivity contribution in [1.82, 2.24) is 5.32 Å². The van der Waals surface area contributed by atoms with Gasteiger partial charge < -0.3 is 15.2 Å². The molecule has 1 atom stereocenters. The highest BCUT2D eigenvalue weighted by Gasteiger charge is 2.17. The van der Waals surface area contributed by atoms with Crippen LogP contribution in [0.3, 0.4) is 0 Å². The van der Waals surface area contributed by atoms with Crippen molar-refractivity contribution in [2.45, 2.75) is 12.5 Å². The molecule has 98 valence electrons. The highest BCUT2D eigenvalue weighted by atomic mass is 35.5. The second-order valence-electron chi connectivity index (χ2n) is 3.70. The van der Waals surface area contributed by atoms with Gasteiger partial charge in [-0.1, -0.05) is 23.7 Å². The van der Waals surface area contributed by atoms with Gasteiger partial charge in [0.25, 0.3) is 0 Å².